The van der Waals surface area contributed by atoms with Gasteiger partial charge in [0.15, 0.2) is 11.6 Å². The van der Waals surface area contributed by atoms with Crippen LogP contribution in [0.1, 0.15) is 15.9 Å². The molecule has 0 aliphatic rings. The Balaban J connectivity index is 2.03. The maximum atomic E-state index is 13.6. The summed E-state index contributed by atoms with van der Waals surface area (Å²) in [5.41, 5.74) is 0.222. The Morgan fingerprint density at radius 2 is 2.15 bits per heavy atom. The summed E-state index contributed by atoms with van der Waals surface area (Å²) in [5.74, 6) is -4.04. The fourth-order valence-electron chi connectivity index (χ4n) is 1.79. The number of nitrogens with zero attached hydrogens (tertiary/aromatic N) is 2. The number of anilines is 1. The van der Waals surface area contributed by atoms with Crippen LogP contribution >= 0.6 is 0 Å². The van der Waals surface area contributed by atoms with E-state index in [1.54, 1.807) is 17.9 Å². The zero-order valence-corrected chi connectivity index (χ0v) is 10.7. The Morgan fingerprint density at radius 3 is 2.75 bits per heavy atom. The minimum absolute atomic E-state index is 0.0589. The molecule has 106 valence electrons. The van der Waals surface area contributed by atoms with E-state index in [2.05, 4.69) is 10.4 Å². The molecule has 7 heteroatoms. The molecular weight excluding hydrogens is 268 g/mol. The first-order chi connectivity index (χ1) is 9.49. The van der Waals surface area contributed by atoms with Crippen molar-refractivity contribution in [2.75, 3.05) is 11.9 Å². The molecule has 20 heavy (non-hydrogen) atoms. The SMILES string of the molecule is Cn1cc(CCNc2ccc(C(=O)O)c(F)c2F)cn1. The van der Waals surface area contributed by atoms with Crippen LogP contribution in [0.15, 0.2) is 24.5 Å². The number of aromatic nitrogens is 2. The topological polar surface area (TPSA) is 67.2 Å². The van der Waals surface area contributed by atoms with E-state index in [0.717, 1.165) is 11.6 Å². The van der Waals surface area contributed by atoms with Crippen molar-refractivity contribution in [3.8, 4) is 0 Å². The summed E-state index contributed by atoms with van der Waals surface area (Å²) in [6.45, 7) is 0.383. The van der Waals surface area contributed by atoms with Crippen LogP contribution in [-0.4, -0.2) is 27.4 Å². The third-order valence-corrected chi connectivity index (χ3v) is 2.80. The molecule has 0 saturated carbocycles. The van der Waals surface area contributed by atoms with Crippen molar-refractivity contribution in [1.29, 1.82) is 0 Å². The van der Waals surface area contributed by atoms with Gasteiger partial charge in [-0.25, -0.2) is 13.6 Å². The second-order valence-electron chi connectivity index (χ2n) is 4.29. The van der Waals surface area contributed by atoms with Crippen LogP contribution in [0, 0.1) is 11.6 Å². The van der Waals surface area contributed by atoms with E-state index in [-0.39, 0.29) is 5.69 Å². The summed E-state index contributed by atoms with van der Waals surface area (Å²) < 4.78 is 28.7. The van der Waals surface area contributed by atoms with Gasteiger partial charge in [-0.2, -0.15) is 5.10 Å². The number of rotatable bonds is 5. The molecule has 0 fully saturated rings. The third kappa shape index (κ3) is 2.93. The first kappa shape index (κ1) is 14.0. The smallest absolute Gasteiger partial charge is 0.338 e. The second-order valence-corrected chi connectivity index (χ2v) is 4.29. The summed E-state index contributed by atoms with van der Waals surface area (Å²) in [6, 6.07) is 2.25. The molecule has 2 rings (SSSR count). The lowest BCUT2D eigenvalue weighted by Crippen LogP contribution is -2.09. The number of aryl methyl sites for hydroxylation is 1. The summed E-state index contributed by atoms with van der Waals surface area (Å²) in [6.07, 6.45) is 4.11. The third-order valence-electron chi connectivity index (χ3n) is 2.80. The Bertz CT molecular complexity index is 641. The number of carboxylic acids is 1. The fourth-order valence-corrected chi connectivity index (χ4v) is 1.79. The molecular formula is C13H13F2N3O2. The fraction of sp³-hybridized carbons (Fsp3) is 0.231. The minimum Gasteiger partial charge on any atom is -0.478 e. The lowest BCUT2D eigenvalue weighted by Gasteiger charge is -2.08. The molecule has 0 amide bonds. The van der Waals surface area contributed by atoms with E-state index in [4.69, 9.17) is 5.11 Å². The largest absolute Gasteiger partial charge is 0.478 e. The molecule has 0 spiro atoms. The zero-order valence-electron chi connectivity index (χ0n) is 10.7. The van der Waals surface area contributed by atoms with Gasteiger partial charge in [0.05, 0.1) is 17.4 Å². The molecule has 0 saturated heterocycles. The van der Waals surface area contributed by atoms with Gasteiger partial charge >= 0.3 is 5.97 Å². The molecule has 1 aromatic carbocycles. The monoisotopic (exact) mass is 281 g/mol. The van der Waals surface area contributed by atoms with Gasteiger partial charge in [0, 0.05) is 19.8 Å². The highest BCUT2D eigenvalue weighted by molar-refractivity contribution is 5.88. The molecule has 0 unspecified atom stereocenters. The molecule has 2 aromatic rings. The average Bonchev–Trinajstić information content (AvgIpc) is 2.80. The highest BCUT2D eigenvalue weighted by atomic mass is 19.2. The molecule has 0 aliphatic heterocycles. The molecule has 2 N–H and O–H groups in total. The van der Waals surface area contributed by atoms with Crippen molar-refractivity contribution in [1.82, 2.24) is 9.78 Å². The minimum atomic E-state index is -1.50. The van der Waals surface area contributed by atoms with Crippen LogP contribution in [0.25, 0.3) is 0 Å². The highest BCUT2D eigenvalue weighted by Crippen LogP contribution is 2.20. The number of benzene rings is 1. The maximum absolute atomic E-state index is 13.6. The van der Waals surface area contributed by atoms with Gasteiger partial charge in [-0.3, -0.25) is 4.68 Å². The van der Waals surface area contributed by atoms with Crippen LogP contribution in [0.4, 0.5) is 14.5 Å². The van der Waals surface area contributed by atoms with Gasteiger partial charge in [-0.05, 0) is 24.1 Å². The number of halogens is 2. The Morgan fingerprint density at radius 1 is 1.40 bits per heavy atom. The van der Waals surface area contributed by atoms with Crippen molar-refractivity contribution in [3.63, 3.8) is 0 Å². The Labute approximate surface area is 113 Å². The number of carbonyl (C=O) groups is 1. The lowest BCUT2D eigenvalue weighted by molar-refractivity contribution is 0.0690. The first-order valence-electron chi connectivity index (χ1n) is 5.91. The zero-order chi connectivity index (χ0) is 14.7. The van der Waals surface area contributed by atoms with E-state index in [9.17, 15) is 13.6 Å². The maximum Gasteiger partial charge on any atom is 0.338 e. The van der Waals surface area contributed by atoms with Crippen LogP contribution in [0.2, 0.25) is 0 Å². The summed E-state index contributed by atoms with van der Waals surface area (Å²) in [5, 5.41) is 15.4. The average molecular weight is 281 g/mol. The molecule has 1 heterocycles. The molecule has 1 aromatic heterocycles. The van der Waals surface area contributed by atoms with Gasteiger partial charge in [-0.15, -0.1) is 0 Å². The standard InChI is InChI=1S/C13H13F2N3O2/c1-18-7-8(6-17-18)4-5-16-10-3-2-9(13(19)20)11(14)12(10)15/h2-3,6-7,16H,4-5H2,1H3,(H,19,20). The molecule has 0 radical (unpaired) electrons. The Hall–Kier alpha value is -2.44. The number of hydrogen-bond donors (Lipinski definition) is 2. The quantitative estimate of drug-likeness (QED) is 0.880. The van der Waals surface area contributed by atoms with Crippen LogP contribution in [0.5, 0.6) is 0 Å². The van der Waals surface area contributed by atoms with E-state index in [1.165, 1.54) is 6.07 Å². The second kappa shape index (κ2) is 5.68. The van der Waals surface area contributed by atoms with Crippen LogP contribution < -0.4 is 5.32 Å². The highest BCUT2D eigenvalue weighted by Gasteiger charge is 2.17. The summed E-state index contributed by atoms with van der Waals surface area (Å²) >= 11 is 0. The summed E-state index contributed by atoms with van der Waals surface area (Å²) in [4.78, 5) is 10.7. The van der Waals surface area contributed by atoms with Crippen molar-refractivity contribution < 1.29 is 18.7 Å². The van der Waals surface area contributed by atoms with Gasteiger partial charge in [0.25, 0.3) is 0 Å². The van der Waals surface area contributed by atoms with Gasteiger partial charge in [-0.1, -0.05) is 0 Å². The van der Waals surface area contributed by atoms with Crippen LogP contribution in [0.3, 0.4) is 0 Å². The number of carboxylic acid groups (broad SMARTS) is 1. The van der Waals surface area contributed by atoms with E-state index < -0.39 is 23.2 Å². The van der Waals surface area contributed by atoms with Gasteiger partial charge < -0.3 is 10.4 Å². The molecule has 5 nitrogen and oxygen atoms in total. The van der Waals surface area contributed by atoms with Crippen molar-refractivity contribution >= 4 is 11.7 Å². The Kier molecular flexibility index (Phi) is 3.97. The number of nitrogens with one attached hydrogen (secondary N) is 1. The van der Waals surface area contributed by atoms with Crippen LogP contribution in [-0.2, 0) is 13.5 Å². The van der Waals surface area contributed by atoms with E-state index >= 15 is 0 Å². The lowest BCUT2D eigenvalue weighted by atomic mass is 10.1. The molecule has 0 aliphatic carbocycles. The van der Waals surface area contributed by atoms with Crippen molar-refractivity contribution in [3.05, 3.63) is 47.3 Å². The van der Waals surface area contributed by atoms with Crippen molar-refractivity contribution in [2.24, 2.45) is 7.05 Å². The van der Waals surface area contributed by atoms with Gasteiger partial charge in [0.2, 0.25) is 0 Å². The normalized spacial score (nSPS) is 10.6. The first-order valence-corrected chi connectivity index (χ1v) is 5.91. The predicted molar refractivity (Wildman–Crippen MR) is 68.7 cm³/mol. The molecule has 0 atom stereocenters. The van der Waals surface area contributed by atoms with E-state index in [0.29, 0.717) is 13.0 Å². The van der Waals surface area contributed by atoms with Gasteiger partial charge in [0.1, 0.15) is 0 Å². The number of hydrogen-bond acceptors (Lipinski definition) is 3. The summed E-state index contributed by atoms with van der Waals surface area (Å²) in [7, 11) is 1.79. The molecule has 0 bridgehead atoms. The predicted octanol–water partition coefficient (Wildman–Crippen LogP) is 2.05. The van der Waals surface area contributed by atoms with Crippen molar-refractivity contribution in [2.45, 2.75) is 6.42 Å². The van der Waals surface area contributed by atoms with E-state index in [1.807, 2.05) is 6.20 Å². The number of aromatic carboxylic acids is 1.